The van der Waals surface area contributed by atoms with Gasteiger partial charge in [0.25, 0.3) is 5.91 Å². The van der Waals surface area contributed by atoms with Crippen LogP contribution in [-0.4, -0.2) is 46.6 Å². The van der Waals surface area contributed by atoms with Gasteiger partial charge in [-0.3, -0.25) is 9.59 Å². The van der Waals surface area contributed by atoms with Crippen LogP contribution in [-0.2, 0) is 0 Å². The fraction of sp³-hybridized carbons (Fsp3) is 0.125. The molecule has 168 valence electrons. The number of nitrogens with one attached hydrogen (secondary N) is 1. The van der Waals surface area contributed by atoms with Crippen molar-refractivity contribution >= 4 is 33.1 Å². The zero-order valence-electron chi connectivity index (χ0n) is 17.2. The number of benzene rings is 2. The number of aliphatic hydroxyl groups is 1. The molecule has 4 aromatic rings. The molecule has 0 aliphatic carbocycles. The van der Waals surface area contributed by atoms with Gasteiger partial charge in [0.05, 0.1) is 23.5 Å². The lowest BCUT2D eigenvalue weighted by atomic mass is 10.1. The minimum absolute atomic E-state index is 0.00971. The summed E-state index contributed by atoms with van der Waals surface area (Å²) in [6, 6.07) is 13.9. The maximum absolute atomic E-state index is 14.0. The minimum Gasteiger partial charge on any atom is -0.504 e. The number of nitrogens with zero attached hydrogens (tertiary/aromatic N) is 1. The van der Waals surface area contributed by atoms with Gasteiger partial charge in [-0.15, -0.1) is 11.3 Å². The summed E-state index contributed by atoms with van der Waals surface area (Å²) in [6.45, 7) is -0.494. The summed E-state index contributed by atoms with van der Waals surface area (Å²) >= 11 is 1.27. The number of amides is 1. The van der Waals surface area contributed by atoms with Gasteiger partial charge in [-0.1, -0.05) is 18.2 Å². The van der Waals surface area contributed by atoms with E-state index in [9.17, 15) is 19.1 Å². The largest absolute Gasteiger partial charge is 0.504 e. The molecule has 0 bridgehead atoms. The van der Waals surface area contributed by atoms with Crippen molar-refractivity contribution < 1.29 is 28.9 Å². The quantitative estimate of drug-likeness (QED) is 0.341. The number of carbonyl (C=O) groups is 2. The highest BCUT2D eigenvalue weighted by Gasteiger charge is 2.15. The molecular formula is C24H19FN2O5S. The Morgan fingerprint density at radius 2 is 1.94 bits per heavy atom. The highest BCUT2D eigenvalue weighted by molar-refractivity contribution is 7.17. The van der Waals surface area contributed by atoms with Gasteiger partial charge in [-0.25, -0.2) is 9.37 Å². The van der Waals surface area contributed by atoms with Crippen LogP contribution in [0.15, 0.2) is 60.0 Å². The Kier molecular flexibility index (Phi) is 6.62. The first kappa shape index (κ1) is 22.4. The summed E-state index contributed by atoms with van der Waals surface area (Å²) in [5.41, 5.74) is 1.57. The lowest BCUT2D eigenvalue weighted by Crippen LogP contribution is -2.30. The maximum atomic E-state index is 14.0. The molecule has 2 heterocycles. The van der Waals surface area contributed by atoms with Crippen LogP contribution >= 0.6 is 11.3 Å². The number of hydrogen-bond donors (Lipinski definition) is 3. The lowest BCUT2D eigenvalue weighted by molar-refractivity contribution is 0.0902. The van der Waals surface area contributed by atoms with E-state index in [0.29, 0.717) is 10.4 Å². The Labute approximate surface area is 192 Å². The smallest absolute Gasteiger partial charge is 0.251 e. The summed E-state index contributed by atoms with van der Waals surface area (Å²) in [4.78, 5) is 29.4. The molecule has 3 N–H and O–H groups in total. The number of aromatic hydroxyl groups is 1. The van der Waals surface area contributed by atoms with E-state index in [1.807, 2.05) is 0 Å². The molecule has 0 saturated heterocycles. The predicted octanol–water partition coefficient (Wildman–Crippen LogP) is 3.79. The number of ketones is 1. The van der Waals surface area contributed by atoms with Crippen molar-refractivity contribution in [2.45, 2.75) is 0 Å². The van der Waals surface area contributed by atoms with Crippen LogP contribution in [0.5, 0.6) is 11.5 Å². The Bertz CT molecular complexity index is 1340. The number of fused-ring (bicyclic) bond motifs is 1. The van der Waals surface area contributed by atoms with Gasteiger partial charge >= 0.3 is 0 Å². The maximum Gasteiger partial charge on any atom is 0.251 e. The Hall–Kier alpha value is -3.82. The topological polar surface area (TPSA) is 109 Å². The van der Waals surface area contributed by atoms with Crippen LogP contribution in [0.2, 0.25) is 0 Å². The second-order valence-corrected chi connectivity index (χ2v) is 7.91. The van der Waals surface area contributed by atoms with Crippen molar-refractivity contribution in [3.63, 3.8) is 0 Å². The summed E-state index contributed by atoms with van der Waals surface area (Å²) in [5, 5.41) is 23.8. The van der Waals surface area contributed by atoms with Crippen molar-refractivity contribution in [3.8, 4) is 22.8 Å². The highest BCUT2D eigenvalue weighted by atomic mass is 32.1. The van der Waals surface area contributed by atoms with Crippen molar-refractivity contribution in [2.75, 3.05) is 19.8 Å². The molecule has 33 heavy (non-hydrogen) atoms. The Morgan fingerprint density at radius 1 is 1.12 bits per heavy atom. The van der Waals surface area contributed by atoms with E-state index in [1.54, 1.807) is 35.7 Å². The van der Waals surface area contributed by atoms with E-state index < -0.39 is 11.7 Å². The third-order valence-electron chi connectivity index (χ3n) is 4.84. The minimum atomic E-state index is -0.553. The van der Waals surface area contributed by atoms with E-state index in [0.717, 1.165) is 10.9 Å². The summed E-state index contributed by atoms with van der Waals surface area (Å²) in [7, 11) is 0. The molecule has 0 saturated carbocycles. The van der Waals surface area contributed by atoms with Crippen molar-refractivity contribution in [1.82, 2.24) is 10.3 Å². The molecule has 0 atom stereocenters. The number of aromatic nitrogens is 1. The second-order valence-electron chi connectivity index (χ2n) is 7.03. The third kappa shape index (κ3) is 4.84. The number of Topliss-reactive ketones (excluding diaryl/α,β-unsaturated/α-hetero) is 1. The molecule has 1 amide bonds. The first-order valence-electron chi connectivity index (χ1n) is 9.99. The SMILES string of the molecule is O=C(NCC(=O)c1cccc(-c2csc3c(F)cccc23)n1)c1ccc(OCCO)c(O)c1. The first-order chi connectivity index (χ1) is 16.0. The van der Waals surface area contributed by atoms with Gasteiger partial charge in [-0.05, 0) is 36.4 Å². The zero-order valence-corrected chi connectivity index (χ0v) is 18.1. The lowest BCUT2D eigenvalue weighted by Gasteiger charge is -2.09. The van der Waals surface area contributed by atoms with Gasteiger partial charge in [-0.2, -0.15) is 0 Å². The number of halogens is 1. The van der Waals surface area contributed by atoms with Crippen LogP contribution in [0.3, 0.4) is 0 Å². The third-order valence-corrected chi connectivity index (χ3v) is 5.85. The fourth-order valence-electron chi connectivity index (χ4n) is 3.25. The summed E-state index contributed by atoms with van der Waals surface area (Å²) in [6.07, 6.45) is 0. The number of pyridine rings is 1. The average Bonchev–Trinajstić information content (AvgIpc) is 3.27. The molecule has 0 fully saturated rings. The molecule has 0 radical (unpaired) electrons. The van der Waals surface area contributed by atoms with Gasteiger partial charge in [0, 0.05) is 21.9 Å². The molecule has 7 nitrogen and oxygen atoms in total. The molecule has 0 unspecified atom stereocenters. The number of phenolic OH excluding ortho intramolecular Hbond substituents is 1. The Morgan fingerprint density at radius 3 is 2.73 bits per heavy atom. The average molecular weight is 466 g/mol. The summed E-state index contributed by atoms with van der Waals surface area (Å²) in [5.74, 6) is -1.38. The Balaban J connectivity index is 1.45. The van der Waals surface area contributed by atoms with Crippen molar-refractivity contribution in [2.24, 2.45) is 0 Å². The van der Waals surface area contributed by atoms with Crippen LogP contribution in [0.4, 0.5) is 4.39 Å². The van der Waals surface area contributed by atoms with Gasteiger partial charge in [0.1, 0.15) is 18.1 Å². The van der Waals surface area contributed by atoms with Crippen molar-refractivity contribution in [1.29, 1.82) is 0 Å². The number of thiophene rings is 1. The molecule has 9 heteroatoms. The monoisotopic (exact) mass is 466 g/mol. The predicted molar refractivity (Wildman–Crippen MR) is 122 cm³/mol. The number of aliphatic hydroxyl groups excluding tert-OH is 1. The second kappa shape index (κ2) is 9.76. The molecular weight excluding hydrogens is 447 g/mol. The van der Waals surface area contributed by atoms with Crippen LogP contribution in [0.25, 0.3) is 21.3 Å². The molecule has 2 aromatic carbocycles. The van der Waals surface area contributed by atoms with E-state index in [1.165, 1.54) is 35.6 Å². The number of phenols is 1. The molecule has 0 aliphatic heterocycles. The van der Waals surface area contributed by atoms with Gasteiger partial charge in [0.15, 0.2) is 17.3 Å². The molecule has 0 spiro atoms. The fourth-order valence-corrected chi connectivity index (χ4v) is 4.22. The van der Waals surface area contributed by atoms with Gasteiger partial charge in [0.2, 0.25) is 0 Å². The van der Waals surface area contributed by atoms with Crippen LogP contribution < -0.4 is 10.1 Å². The van der Waals surface area contributed by atoms with E-state index in [-0.39, 0.29) is 48.3 Å². The van der Waals surface area contributed by atoms with E-state index in [2.05, 4.69) is 10.3 Å². The molecule has 2 aromatic heterocycles. The van der Waals surface area contributed by atoms with Crippen LogP contribution in [0.1, 0.15) is 20.8 Å². The zero-order chi connectivity index (χ0) is 23.4. The number of hydrogen-bond acceptors (Lipinski definition) is 7. The normalized spacial score (nSPS) is 10.8. The first-order valence-corrected chi connectivity index (χ1v) is 10.9. The standard InChI is InChI=1S/C24H19FN2O5S/c25-17-4-1-3-15-16(13-33-23(15)17)18-5-2-6-19(27-18)21(30)12-26-24(31)14-7-8-22(20(29)11-14)32-10-9-28/h1-8,11,13,28-29H,9-10,12H2,(H,26,31). The highest BCUT2D eigenvalue weighted by Crippen LogP contribution is 2.34. The molecule has 0 aliphatic rings. The van der Waals surface area contributed by atoms with E-state index >= 15 is 0 Å². The van der Waals surface area contributed by atoms with Crippen LogP contribution in [0, 0.1) is 5.82 Å². The van der Waals surface area contributed by atoms with E-state index in [4.69, 9.17) is 9.84 Å². The summed E-state index contributed by atoms with van der Waals surface area (Å²) < 4.78 is 19.7. The number of rotatable bonds is 8. The molecule has 4 rings (SSSR count). The number of carbonyl (C=O) groups excluding carboxylic acids is 2. The van der Waals surface area contributed by atoms with Crippen molar-refractivity contribution in [3.05, 3.63) is 77.1 Å². The number of ether oxygens (including phenoxy) is 1. The van der Waals surface area contributed by atoms with Gasteiger partial charge < -0.3 is 20.3 Å².